The Kier molecular flexibility index (Phi) is 29.2. The summed E-state index contributed by atoms with van der Waals surface area (Å²) >= 11 is 0. The Morgan fingerprint density at radius 1 is 0.621 bits per heavy atom. The fourth-order valence-corrected chi connectivity index (χ4v) is 5.25. The highest BCUT2D eigenvalue weighted by atomic mass is 16.3. The van der Waals surface area contributed by atoms with Gasteiger partial charge < -0.3 is 9.83 Å². The number of allylic oxidation sites excluding steroid dienone is 16. The molecular formula is C55H62N2O. The van der Waals surface area contributed by atoms with Crippen molar-refractivity contribution in [3.05, 3.63) is 236 Å². The highest BCUT2D eigenvalue weighted by Gasteiger charge is 2.13. The molecule has 0 spiro atoms. The molecule has 3 heteroatoms. The molecule has 0 saturated heterocycles. The van der Waals surface area contributed by atoms with Crippen LogP contribution in [0.25, 0.3) is 53.0 Å². The van der Waals surface area contributed by atoms with Gasteiger partial charge in [-0.3, -0.25) is 4.99 Å². The third-order valence-electron chi connectivity index (χ3n) is 7.70. The monoisotopic (exact) mass is 766 g/mol. The first-order chi connectivity index (χ1) is 28.5. The van der Waals surface area contributed by atoms with Crippen LogP contribution in [-0.2, 0) is 0 Å². The second kappa shape index (κ2) is 33.3. The fraction of sp³-hybridized carbons (Fsp3) is 0.0909. The number of hydrogen-bond donors (Lipinski definition) is 1. The van der Waals surface area contributed by atoms with Crippen LogP contribution in [0.2, 0.25) is 0 Å². The first kappa shape index (κ1) is 50.9. The summed E-state index contributed by atoms with van der Waals surface area (Å²) in [6.45, 7) is 34.3. The molecule has 58 heavy (non-hydrogen) atoms. The average Bonchev–Trinajstić information content (AvgIpc) is 3.63. The van der Waals surface area contributed by atoms with Crippen LogP contribution < -0.4 is 0 Å². The Balaban J connectivity index is 0.00000217. The number of benzene rings is 3. The molecule has 0 amide bonds. The van der Waals surface area contributed by atoms with Gasteiger partial charge in [-0.2, -0.15) is 0 Å². The number of furan rings is 1. The van der Waals surface area contributed by atoms with E-state index in [0.717, 1.165) is 55.7 Å². The van der Waals surface area contributed by atoms with Gasteiger partial charge in [-0.05, 0) is 91.9 Å². The highest BCUT2D eigenvalue weighted by Crippen LogP contribution is 2.33. The van der Waals surface area contributed by atoms with Gasteiger partial charge in [0.1, 0.15) is 11.3 Å². The van der Waals surface area contributed by atoms with Crippen molar-refractivity contribution < 1.29 is 4.42 Å². The topological polar surface area (TPSA) is 49.4 Å². The number of rotatable bonds is 15. The van der Waals surface area contributed by atoms with E-state index in [9.17, 15) is 0 Å². The van der Waals surface area contributed by atoms with Crippen LogP contribution in [0.4, 0.5) is 0 Å². The summed E-state index contributed by atoms with van der Waals surface area (Å²) in [5, 5.41) is 6.59. The summed E-state index contributed by atoms with van der Waals surface area (Å²) < 4.78 is 6.11. The lowest BCUT2D eigenvalue weighted by molar-refractivity contribution is 0.603. The molecule has 0 fully saturated rings. The number of aryl methyl sites for hydroxylation is 1. The summed E-state index contributed by atoms with van der Waals surface area (Å²) in [7, 11) is 0. The second-order valence-electron chi connectivity index (χ2n) is 11.3. The van der Waals surface area contributed by atoms with Gasteiger partial charge in [0.05, 0.1) is 0 Å². The van der Waals surface area contributed by atoms with E-state index in [-0.39, 0.29) is 0 Å². The lowest BCUT2D eigenvalue weighted by Gasteiger charge is -2.16. The van der Waals surface area contributed by atoms with Gasteiger partial charge in [-0.25, -0.2) is 0 Å². The number of para-hydroxylation sites is 1. The highest BCUT2D eigenvalue weighted by molar-refractivity contribution is 5.91. The molecule has 3 aromatic carbocycles. The molecule has 0 aliphatic heterocycles. The van der Waals surface area contributed by atoms with Crippen molar-refractivity contribution in [3.8, 4) is 0 Å². The first-order valence-electron chi connectivity index (χ1n) is 19.1. The van der Waals surface area contributed by atoms with Crippen LogP contribution in [0.5, 0.6) is 0 Å². The molecular weight excluding hydrogens is 705 g/mol. The van der Waals surface area contributed by atoms with Gasteiger partial charge in [0.15, 0.2) is 0 Å². The molecule has 0 atom stereocenters. The van der Waals surface area contributed by atoms with E-state index >= 15 is 0 Å². The SMILES string of the molecule is C=C.C=Cc1cc(C(/C=C\N=C)=C/C=C/C=C/C=C\C=C/c2oc3ccccc3c2/C=C/C=C/C=C/C)c(/C=C\C)c(C=C)c1C=C.C=N.CC.Cc1ccccc1. The molecule has 0 saturated carbocycles. The Morgan fingerprint density at radius 2 is 1.19 bits per heavy atom. The van der Waals surface area contributed by atoms with Crippen LogP contribution >= 0.6 is 0 Å². The zero-order valence-corrected chi connectivity index (χ0v) is 35.3. The van der Waals surface area contributed by atoms with Crippen molar-refractivity contribution in [1.82, 2.24) is 0 Å². The third-order valence-corrected chi connectivity index (χ3v) is 7.70. The number of hydrogen-bond acceptors (Lipinski definition) is 3. The molecule has 0 unspecified atom stereocenters. The third kappa shape index (κ3) is 17.6. The summed E-state index contributed by atoms with van der Waals surface area (Å²) in [5.41, 5.74) is 9.32. The van der Waals surface area contributed by atoms with Gasteiger partial charge in [-0.1, -0.05) is 203 Å². The molecule has 1 N–H and O–H groups in total. The molecule has 0 radical (unpaired) electrons. The molecule has 1 heterocycles. The first-order valence-corrected chi connectivity index (χ1v) is 19.1. The second-order valence-corrected chi connectivity index (χ2v) is 11.3. The number of nitrogens with one attached hydrogen (secondary N) is 1. The van der Waals surface area contributed by atoms with Crippen molar-refractivity contribution >= 4 is 66.4 Å². The van der Waals surface area contributed by atoms with E-state index in [4.69, 9.17) is 9.83 Å². The van der Waals surface area contributed by atoms with Crippen molar-refractivity contribution in [3.63, 3.8) is 0 Å². The summed E-state index contributed by atoms with van der Waals surface area (Å²) in [5.74, 6) is 0.817. The maximum Gasteiger partial charge on any atom is 0.135 e. The summed E-state index contributed by atoms with van der Waals surface area (Å²) in [6.07, 6.45) is 43.4. The molecule has 3 nitrogen and oxygen atoms in total. The van der Waals surface area contributed by atoms with Crippen LogP contribution in [0.1, 0.15) is 72.4 Å². The minimum absolute atomic E-state index is 0.817. The standard InChI is InChI=1S/C43H41NO.C7H8.C2H6.C2H4.CH3N/c1-7-12-13-17-21-27-39-40-28-23-24-30-43(40)45-42(39)29-22-19-16-14-15-18-20-26-35(31-32-44-6)41-33-34(9-3)36(10-4)37(11-5)38(41)25-8-2;1-7-5-3-2-4-6-7;3*1-2/h7-33H,3-6H2,1-2H3;2-6H,1H3;1-2H3;1-2H2;2H,1H2/b12-7+,15-14+,17-13+,19-16-,20-18+,25-8-,27-21+,29-22-,32-31-,35-26+;;;;. The van der Waals surface area contributed by atoms with Gasteiger partial charge >= 0.3 is 0 Å². The van der Waals surface area contributed by atoms with E-state index in [0.29, 0.717) is 0 Å². The molecule has 4 rings (SSSR count). The van der Waals surface area contributed by atoms with E-state index in [2.05, 4.69) is 101 Å². The predicted molar refractivity (Wildman–Crippen MR) is 267 cm³/mol. The van der Waals surface area contributed by atoms with Gasteiger partial charge in [0, 0.05) is 17.1 Å². The average molecular weight is 767 g/mol. The zero-order valence-electron chi connectivity index (χ0n) is 35.3. The number of fused-ring (bicyclic) bond motifs is 1. The Hall–Kier alpha value is -7.10. The van der Waals surface area contributed by atoms with E-state index < -0.39 is 0 Å². The van der Waals surface area contributed by atoms with Crippen LogP contribution in [-0.4, -0.2) is 13.4 Å². The van der Waals surface area contributed by atoms with Gasteiger partial charge in [0.2, 0.25) is 0 Å². The molecule has 0 aliphatic rings. The van der Waals surface area contributed by atoms with Crippen molar-refractivity contribution in [1.29, 1.82) is 5.41 Å². The molecule has 0 aliphatic carbocycles. The normalized spacial score (nSPS) is 11.6. The number of aliphatic imine (C=N–C) groups is 1. The van der Waals surface area contributed by atoms with Crippen LogP contribution in [0.3, 0.4) is 0 Å². The maximum absolute atomic E-state index is 6.11. The Bertz CT molecular complexity index is 2150. The molecule has 298 valence electrons. The van der Waals surface area contributed by atoms with Crippen LogP contribution in [0, 0.1) is 12.3 Å². The largest absolute Gasteiger partial charge is 0.456 e. The van der Waals surface area contributed by atoms with E-state index in [1.165, 1.54) is 5.56 Å². The smallest absolute Gasteiger partial charge is 0.135 e. The minimum atomic E-state index is 0.817. The Labute approximate surface area is 350 Å². The van der Waals surface area contributed by atoms with Gasteiger partial charge in [0.25, 0.3) is 0 Å². The fourth-order valence-electron chi connectivity index (χ4n) is 5.25. The number of nitrogens with zero attached hydrogens (tertiary/aromatic N) is 1. The predicted octanol–water partition coefficient (Wildman–Crippen LogP) is 16.6. The molecule has 0 bridgehead atoms. The van der Waals surface area contributed by atoms with Gasteiger partial charge in [-0.15, -0.1) is 13.2 Å². The summed E-state index contributed by atoms with van der Waals surface area (Å²) in [4.78, 5) is 3.93. The lowest BCUT2D eigenvalue weighted by Crippen LogP contribution is -1.97. The van der Waals surface area contributed by atoms with Crippen molar-refractivity contribution in [2.45, 2.75) is 34.6 Å². The quantitative estimate of drug-likeness (QED) is 0.0731. The van der Waals surface area contributed by atoms with E-state index in [1.807, 2.05) is 173 Å². The van der Waals surface area contributed by atoms with Crippen LogP contribution in [0.15, 0.2) is 200 Å². The maximum atomic E-state index is 6.11. The minimum Gasteiger partial charge on any atom is -0.456 e. The summed E-state index contributed by atoms with van der Waals surface area (Å²) in [6, 6.07) is 20.5. The van der Waals surface area contributed by atoms with Crippen molar-refractivity contribution in [2.24, 2.45) is 4.99 Å². The Morgan fingerprint density at radius 3 is 1.74 bits per heavy atom. The van der Waals surface area contributed by atoms with Crippen molar-refractivity contribution in [2.75, 3.05) is 0 Å². The zero-order chi connectivity index (χ0) is 43.4. The lowest BCUT2D eigenvalue weighted by atomic mass is 9.87. The molecule has 4 aromatic rings. The molecule has 1 aromatic heterocycles. The van der Waals surface area contributed by atoms with E-state index in [1.54, 1.807) is 6.20 Å².